The van der Waals surface area contributed by atoms with E-state index in [0.29, 0.717) is 5.69 Å². The van der Waals surface area contributed by atoms with E-state index in [1.54, 1.807) is 0 Å². The van der Waals surface area contributed by atoms with Crippen LogP contribution in [0.2, 0.25) is 0 Å². The maximum absolute atomic E-state index is 12.5. The van der Waals surface area contributed by atoms with E-state index >= 15 is 0 Å². The van der Waals surface area contributed by atoms with Gasteiger partial charge < -0.3 is 10.1 Å². The van der Waals surface area contributed by atoms with Crippen LogP contribution in [0.1, 0.15) is 24.0 Å². The van der Waals surface area contributed by atoms with Crippen molar-refractivity contribution in [2.45, 2.75) is 32.7 Å². The zero-order valence-electron chi connectivity index (χ0n) is 15.6. The van der Waals surface area contributed by atoms with Crippen LogP contribution in [0.4, 0.5) is 18.9 Å². The molecule has 28 heavy (non-hydrogen) atoms. The Morgan fingerprint density at radius 3 is 2.36 bits per heavy atom. The lowest BCUT2D eigenvalue weighted by atomic mass is 9.95. The number of alkyl halides is 3. The Bertz CT molecular complexity index is 798. The van der Waals surface area contributed by atoms with E-state index in [-0.39, 0.29) is 17.6 Å². The summed E-state index contributed by atoms with van der Waals surface area (Å²) in [5.41, 5.74) is 3.02. The minimum Gasteiger partial charge on any atom is -0.406 e. The van der Waals surface area contributed by atoms with Crippen molar-refractivity contribution in [1.29, 1.82) is 0 Å². The molecule has 0 unspecified atom stereocenters. The fourth-order valence-electron chi connectivity index (χ4n) is 3.37. The van der Waals surface area contributed by atoms with Crippen molar-refractivity contribution in [3.8, 4) is 5.75 Å². The minimum atomic E-state index is -4.73. The van der Waals surface area contributed by atoms with Gasteiger partial charge in [-0.25, -0.2) is 0 Å². The number of hydrogen-bond acceptors (Lipinski definition) is 3. The van der Waals surface area contributed by atoms with Crippen LogP contribution in [0.15, 0.2) is 48.5 Å². The predicted octanol–water partition coefficient (Wildman–Crippen LogP) is 4.74. The van der Waals surface area contributed by atoms with E-state index < -0.39 is 6.36 Å². The summed E-state index contributed by atoms with van der Waals surface area (Å²) in [6.07, 6.45) is -3.21. The van der Waals surface area contributed by atoms with Crippen LogP contribution in [0, 0.1) is 12.8 Å². The summed E-state index contributed by atoms with van der Waals surface area (Å²) in [6.45, 7) is 4.65. The molecule has 1 saturated heterocycles. The number of nitrogens with one attached hydrogen (secondary N) is 1. The van der Waals surface area contributed by atoms with Crippen LogP contribution in [0.5, 0.6) is 5.75 Å². The van der Waals surface area contributed by atoms with E-state index in [0.717, 1.165) is 32.5 Å². The summed E-state index contributed by atoms with van der Waals surface area (Å²) < 4.78 is 40.4. The third kappa shape index (κ3) is 5.73. The molecular weight excluding hydrogens is 369 g/mol. The van der Waals surface area contributed by atoms with Crippen LogP contribution >= 0.6 is 0 Å². The summed E-state index contributed by atoms with van der Waals surface area (Å²) in [7, 11) is 0. The number of anilines is 1. The molecule has 0 radical (unpaired) electrons. The number of hydrogen-bond donors (Lipinski definition) is 1. The molecule has 4 nitrogen and oxygen atoms in total. The Hall–Kier alpha value is -2.54. The Balaban J connectivity index is 1.48. The average molecular weight is 392 g/mol. The molecular formula is C21H23F3N2O2. The second-order valence-electron chi connectivity index (χ2n) is 7.04. The predicted molar refractivity (Wildman–Crippen MR) is 101 cm³/mol. The largest absolute Gasteiger partial charge is 0.573 e. The molecule has 0 saturated carbocycles. The zero-order chi connectivity index (χ0) is 20.1. The first-order valence-corrected chi connectivity index (χ1v) is 9.24. The number of rotatable bonds is 5. The molecule has 0 aromatic heterocycles. The van der Waals surface area contributed by atoms with Crippen molar-refractivity contribution in [3.05, 3.63) is 59.7 Å². The van der Waals surface area contributed by atoms with E-state index in [1.165, 1.54) is 35.4 Å². The summed E-state index contributed by atoms with van der Waals surface area (Å²) in [5, 5.41) is 2.78. The molecule has 1 aliphatic rings. The molecule has 1 amide bonds. The Morgan fingerprint density at radius 2 is 1.75 bits per heavy atom. The molecule has 0 spiro atoms. The van der Waals surface area contributed by atoms with Gasteiger partial charge in [0.15, 0.2) is 0 Å². The Morgan fingerprint density at radius 1 is 1.11 bits per heavy atom. The van der Waals surface area contributed by atoms with Crippen LogP contribution in [-0.4, -0.2) is 30.3 Å². The van der Waals surface area contributed by atoms with Crippen LogP contribution in [-0.2, 0) is 11.3 Å². The molecule has 1 fully saturated rings. The highest BCUT2D eigenvalue weighted by Crippen LogP contribution is 2.25. The summed E-state index contributed by atoms with van der Waals surface area (Å²) in [6, 6.07) is 13.5. The summed E-state index contributed by atoms with van der Waals surface area (Å²) in [4.78, 5) is 14.8. The Labute approximate surface area is 162 Å². The van der Waals surface area contributed by atoms with Crippen molar-refractivity contribution in [2.75, 3.05) is 18.4 Å². The zero-order valence-corrected chi connectivity index (χ0v) is 15.6. The third-order valence-electron chi connectivity index (χ3n) is 4.97. The number of amides is 1. The van der Waals surface area contributed by atoms with Crippen molar-refractivity contribution in [1.82, 2.24) is 4.90 Å². The van der Waals surface area contributed by atoms with Crippen LogP contribution in [0.25, 0.3) is 0 Å². The fraction of sp³-hybridized carbons (Fsp3) is 0.381. The molecule has 2 aromatic rings. The maximum atomic E-state index is 12.5. The number of benzene rings is 2. The van der Waals surface area contributed by atoms with Gasteiger partial charge in [0.2, 0.25) is 5.91 Å². The van der Waals surface area contributed by atoms with Gasteiger partial charge in [-0.3, -0.25) is 9.69 Å². The maximum Gasteiger partial charge on any atom is 0.573 e. The quantitative estimate of drug-likeness (QED) is 0.799. The number of halogens is 3. The lowest BCUT2D eigenvalue weighted by Crippen LogP contribution is -2.37. The van der Waals surface area contributed by atoms with Gasteiger partial charge in [0, 0.05) is 18.2 Å². The molecule has 0 bridgehead atoms. The number of aryl methyl sites for hydroxylation is 1. The van der Waals surface area contributed by atoms with Gasteiger partial charge in [-0.05, 0) is 68.2 Å². The highest BCUT2D eigenvalue weighted by atomic mass is 19.4. The molecule has 2 aromatic carbocycles. The number of likely N-dealkylation sites (tertiary alicyclic amines) is 1. The molecule has 7 heteroatoms. The van der Waals surface area contributed by atoms with Crippen LogP contribution in [0.3, 0.4) is 0 Å². The highest BCUT2D eigenvalue weighted by Gasteiger charge is 2.31. The van der Waals surface area contributed by atoms with Crippen LogP contribution < -0.4 is 10.1 Å². The molecule has 0 atom stereocenters. The summed E-state index contributed by atoms with van der Waals surface area (Å²) >= 11 is 0. The molecule has 150 valence electrons. The Kier molecular flexibility index (Phi) is 6.24. The summed E-state index contributed by atoms with van der Waals surface area (Å²) in [5.74, 6) is -0.505. The smallest absolute Gasteiger partial charge is 0.406 e. The number of carbonyl (C=O) groups is 1. The molecule has 1 N–H and O–H groups in total. The van der Waals surface area contributed by atoms with Gasteiger partial charge in [-0.2, -0.15) is 0 Å². The van der Waals surface area contributed by atoms with Gasteiger partial charge in [0.05, 0.1) is 0 Å². The van der Waals surface area contributed by atoms with Gasteiger partial charge in [0.1, 0.15) is 5.75 Å². The monoisotopic (exact) mass is 392 g/mol. The number of nitrogens with zero attached hydrogens (tertiary/aromatic N) is 1. The number of ether oxygens (including phenoxy) is 1. The lowest BCUT2D eigenvalue weighted by molar-refractivity contribution is -0.274. The van der Waals surface area contributed by atoms with Crippen molar-refractivity contribution < 1.29 is 22.7 Å². The lowest BCUT2D eigenvalue weighted by Gasteiger charge is -2.31. The second kappa shape index (κ2) is 8.65. The first-order valence-electron chi connectivity index (χ1n) is 9.24. The SMILES string of the molecule is Cc1ccccc1CN1CCC(C(=O)Nc2ccc(OC(F)(F)F)cc2)CC1. The van der Waals surface area contributed by atoms with E-state index in [9.17, 15) is 18.0 Å². The normalized spacial score (nSPS) is 16.0. The van der Waals surface area contributed by atoms with Gasteiger partial charge >= 0.3 is 6.36 Å². The fourth-order valence-corrected chi connectivity index (χ4v) is 3.37. The van der Waals surface area contributed by atoms with Gasteiger partial charge in [-0.15, -0.1) is 13.2 Å². The minimum absolute atomic E-state index is 0.0972. The van der Waals surface area contributed by atoms with Gasteiger partial charge in [-0.1, -0.05) is 24.3 Å². The van der Waals surface area contributed by atoms with E-state index in [4.69, 9.17) is 0 Å². The first kappa shape index (κ1) is 20.2. The standard InChI is InChI=1S/C21H23F3N2O2/c1-15-4-2-3-5-17(15)14-26-12-10-16(11-13-26)20(27)25-18-6-8-19(9-7-18)28-21(22,23)24/h2-9,16H,10-14H2,1H3,(H,25,27). The third-order valence-corrected chi connectivity index (χ3v) is 4.97. The van der Waals surface area contributed by atoms with E-state index in [1.807, 2.05) is 12.1 Å². The molecule has 0 aliphatic carbocycles. The van der Waals surface area contributed by atoms with Gasteiger partial charge in [0.25, 0.3) is 0 Å². The molecule has 3 rings (SSSR count). The molecule has 1 heterocycles. The first-order chi connectivity index (χ1) is 13.3. The second-order valence-corrected chi connectivity index (χ2v) is 7.04. The van der Waals surface area contributed by atoms with Crippen molar-refractivity contribution in [2.24, 2.45) is 5.92 Å². The number of carbonyl (C=O) groups excluding carboxylic acids is 1. The average Bonchev–Trinajstić information content (AvgIpc) is 2.64. The molecule has 1 aliphatic heterocycles. The van der Waals surface area contributed by atoms with Crippen molar-refractivity contribution >= 4 is 11.6 Å². The van der Waals surface area contributed by atoms with Crippen molar-refractivity contribution in [3.63, 3.8) is 0 Å². The van der Waals surface area contributed by atoms with E-state index in [2.05, 4.69) is 34.0 Å². The topological polar surface area (TPSA) is 41.6 Å². The highest BCUT2D eigenvalue weighted by molar-refractivity contribution is 5.92. The number of piperidine rings is 1.